The maximum absolute atomic E-state index is 11.8. The van der Waals surface area contributed by atoms with E-state index in [1.54, 1.807) is 0 Å². The lowest BCUT2D eigenvalue weighted by molar-refractivity contribution is -0.294. The summed E-state index contributed by atoms with van der Waals surface area (Å²) in [4.78, 5) is 45.2. The summed E-state index contributed by atoms with van der Waals surface area (Å²) in [6.07, 6.45) is -20.7. The summed E-state index contributed by atoms with van der Waals surface area (Å²) >= 11 is 0. The van der Waals surface area contributed by atoms with Gasteiger partial charge in [0, 0.05) is 17.7 Å². The fourth-order valence-electron chi connectivity index (χ4n) is 5.62. The Hall–Kier alpha value is -5.46. The van der Waals surface area contributed by atoms with E-state index in [2.05, 4.69) is 0 Å². The first-order valence-corrected chi connectivity index (χ1v) is 16.2. The molecule has 5 rings (SSSR count). The van der Waals surface area contributed by atoms with Crippen LogP contribution in [0.5, 0.6) is 28.7 Å². The molecule has 300 valence electrons. The molecule has 55 heavy (non-hydrogen) atoms. The number of hydrogen-bond donors (Lipinski definition) is 11. The van der Waals surface area contributed by atoms with Gasteiger partial charge in [-0.15, -0.1) is 0 Å². The van der Waals surface area contributed by atoms with Crippen molar-refractivity contribution in [3.8, 4) is 28.7 Å². The van der Waals surface area contributed by atoms with Crippen molar-refractivity contribution in [1.82, 2.24) is 0 Å². The van der Waals surface area contributed by atoms with E-state index in [1.165, 1.54) is 12.1 Å². The highest BCUT2D eigenvalue weighted by molar-refractivity contribution is 5.90. The van der Waals surface area contributed by atoms with Crippen LogP contribution in [0.1, 0.15) is 30.1 Å². The molecule has 0 spiro atoms. The van der Waals surface area contributed by atoms with Gasteiger partial charge in [0.2, 0.25) is 12.6 Å². The van der Waals surface area contributed by atoms with Crippen LogP contribution in [0.15, 0.2) is 36.1 Å². The number of hydrogen-bond acceptors (Lipinski definition) is 20. The van der Waals surface area contributed by atoms with Crippen molar-refractivity contribution < 1.29 is 109 Å². The van der Waals surface area contributed by atoms with Crippen LogP contribution in [0, 0.1) is 0 Å². The van der Waals surface area contributed by atoms with E-state index in [4.69, 9.17) is 43.4 Å². The van der Waals surface area contributed by atoms with Crippen molar-refractivity contribution >= 4 is 30.0 Å². The number of rotatable bonds is 13. The van der Waals surface area contributed by atoms with Gasteiger partial charge in [0.15, 0.2) is 17.6 Å². The molecule has 3 heterocycles. The molecule has 11 atom stereocenters. The molecule has 2 aromatic carbocycles. The van der Waals surface area contributed by atoms with Gasteiger partial charge in [0.1, 0.15) is 97.9 Å². The van der Waals surface area contributed by atoms with Crippen LogP contribution in [0.2, 0.25) is 0 Å². The third-order valence-electron chi connectivity index (χ3n) is 8.42. The molecule has 0 saturated carbocycles. The average molecular weight is 785 g/mol. The molecule has 0 radical (unpaired) electrons. The molecule has 0 aliphatic carbocycles. The molecule has 11 unspecified atom stereocenters. The van der Waals surface area contributed by atoms with Gasteiger partial charge in [0.05, 0.1) is 5.56 Å². The predicted octanol–water partition coefficient (Wildman–Crippen LogP) is -2.68. The molecule has 22 nitrogen and oxygen atoms in total. The van der Waals surface area contributed by atoms with E-state index in [9.17, 15) is 65.1 Å². The summed E-state index contributed by atoms with van der Waals surface area (Å²) in [6, 6.07) is 5.59. The Bertz CT molecular complexity index is 1790. The number of aliphatic carboxylic acids is 2. The first-order valence-electron chi connectivity index (χ1n) is 16.2. The van der Waals surface area contributed by atoms with Crippen LogP contribution in [-0.4, -0.2) is 155 Å². The van der Waals surface area contributed by atoms with Crippen LogP contribution >= 0.6 is 0 Å². The first-order chi connectivity index (χ1) is 25.9. The molecule has 3 aliphatic heterocycles. The molecule has 0 bridgehead atoms. The monoisotopic (exact) mass is 784 g/mol. The fraction of sp³-hybridized carbons (Fsp3) is 0.455. The summed E-state index contributed by atoms with van der Waals surface area (Å²) in [7, 11) is 0. The minimum atomic E-state index is -1.99. The number of aromatic hydroxyl groups is 3. The van der Waals surface area contributed by atoms with E-state index < -0.39 is 135 Å². The molecule has 2 saturated heterocycles. The van der Waals surface area contributed by atoms with Crippen LogP contribution in [0.25, 0.3) is 6.08 Å². The average Bonchev–Trinajstić information content (AvgIpc) is 3.11. The van der Waals surface area contributed by atoms with Crippen LogP contribution in [-0.2, 0) is 42.9 Å². The van der Waals surface area contributed by atoms with Crippen molar-refractivity contribution in [2.75, 3.05) is 13.2 Å². The number of esters is 2. The van der Waals surface area contributed by atoms with Gasteiger partial charge < -0.3 is 89.3 Å². The van der Waals surface area contributed by atoms with Gasteiger partial charge in [-0.1, -0.05) is 6.07 Å². The minimum absolute atomic E-state index is 0.0852. The smallest absolute Gasteiger partial charge is 0.317 e. The zero-order valence-electron chi connectivity index (χ0n) is 28.1. The second kappa shape index (κ2) is 16.9. The lowest BCUT2D eigenvalue weighted by Gasteiger charge is -2.41. The number of phenols is 3. The van der Waals surface area contributed by atoms with E-state index in [0.29, 0.717) is 0 Å². The third-order valence-corrected chi connectivity index (χ3v) is 8.42. The fourth-order valence-corrected chi connectivity index (χ4v) is 5.62. The number of carboxylic acids is 2. The van der Waals surface area contributed by atoms with Crippen LogP contribution < -0.4 is 9.47 Å². The Kier molecular flexibility index (Phi) is 12.5. The van der Waals surface area contributed by atoms with Gasteiger partial charge in [-0.3, -0.25) is 19.2 Å². The van der Waals surface area contributed by atoms with Crippen LogP contribution in [0.4, 0.5) is 0 Å². The van der Waals surface area contributed by atoms with Crippen molar-refractivity contribution in [3.05, 3.63) is 47.2 Å². The van der Waals surface area contributed by atoms with Crippen LogP contribution in [0.3, 0.4) is 0 Å². The highest BCUT2D eigenvalue weighted by atomic mass is 16.7. The Labute approximate surface area is 308 Å². The maximum Gasteiger partial charge on any atom is 0.317 e. The lowest BCUT2D eigenvalue weighted by atomic mass is 9.98. The molecule has 0 amide bonds. The highest BCUT2D eigenvalue weighted by Gasteiger charge is 2.48. The van der Waals surface area contributed by atoms with E-state index in [1.807, 2.05) is 0 Å². The van der Waals surface area contributed by atoms with E-state index >= 15 is 0 Å². The van der Waals surface area contributed by atoms with Crippen molar-refractivity contribution in [2.24, 2.45) is 0 Å². The van der Waals surface area contributed by atoms with Gasteiger partial charge >= 0.3 is 23.9 Å². The van der Waals surface area contributed by atoms with Gasteiger partial charge in [-0.2, -0.15) is 0 Å². The van der Waals surface area contributed by atoms with E-state index in [0.717, 1.165) is 24.3 Å². The summed E-state index contributed by atoms with van der Waals surface area (Å²) in [5, 5.41) is 112. The minimum Gasteiger partial charge on any atom is -0.508 e. The number of ether oxygens (including phenoxy) is 7. The SMILES string of the molecule is O=C(O)CC(=O)OCC1OC(OC2=Cc3c(cc(O)cc3OC3OC(COC(=O)CC(=O)O)C(O)C(O)C3O)OC2c2ccc(O)c(O)c2)C(O)C(O)C1O. The second-order valence-corrected chi connectivity index (χ2v) is 12.4. The number of aliphatic hydroxyl groups excluding tert-OH is 6. The molecular formula is C33H36O22. The standard InChI is InChI=1S/C33H36O22/c34-12-4-16-13(17(5-12)52-32-29(47)27(45)25(43)19(54-32)9-49-23(41)7-21(37)38)6-18(31(51-16)11-1-2-14(35)15(36)3-11)53-33-30(48)28(46)26(44)20(55-33)10-50-24(42)8-22(39)40/h1-6,19-20,25-36,43-48H,7-10H2,(H,37,38)(H,39,40). The highest BCUT2D eigenvalue weighted by Crippen LogP contribution is 2.46. The van der Waals surface area contributed by atoms with Gasteiger partial charge in [-0.25, -0.2) is 0 Å². The molecule has 2 fully saturated rings. The molecule has 3 aliphatic rings. The first kappa shape index (κ1) is 40.7. The van der Waals surface area contributed by atoms with Crippen molar-refractivity contribution in [3.63, 3.8) is 0 Å². The maximum atomic E-state index is 11.8. The number of aliphatic hydroxyl groups is 6. The normalized spacial score (nSPS) is 30.1. The topological polar surface area (TPSA) is 355 Å². The van der Waals surface area contributed by atoms with Gasteiger partial charge in [0.25, 0.3) is 0 Å². The number of fused-ring (bicyclic) bond motifs is 1. The molecule has 2 aromatic rings. The van der Waals surface area contributed by atoms with Crippen molar-refractivity contribution in [2.45, 2.75) is 80.4 Å². The lowest BCUT2D eigenvalue weighted by Crippen LogP contribution is -2.60. The number of benzene rings is 2. The zero-order chi connectivity index (χ0) is 40.3. The Morgan fingerprint density at radius 3 is 1.67 bits per heavy atom. The number of carbonyl (C=O) groups excluding carboxylic acids is 2. The summed E-state index contributed by atoms with van der Waals surface area (Å²) in [5.41, 5.74) is 0.00408. The Morgan fingerprint density at radius 2 is 1.16 bits per heavy atom. The predicted molar refractivity (Wildman–Crippen MR) is 171 cm³/mol. The summed E-state index contributed by atoms with van der Waals surface area (Å²) < 4.78 is 38.6. The Morgan fingerprint density at radius 1 is 0.636 bits per heavy atom. The van der Waals surface area contributed by atoms with E-state index in [-0.39, 0.29) is 28.4 Å². The van der Waals surface area contributed by atoms with Gasteiger partial charge in [-0.05, 0) is 18.2 Å². The number of phenolic OH excluding ortho intramolecular Hbond substituents is 3. The third kappa shape index (κ3) is 9.44. The molecule has 22 heteroatoms. The molecule has 11 N–H and O–H groups in total. The number of carboxylic acid groups (broad SMARTS) is 2. The quantitative estimate of drug-likeness (QED) is 0.0560. The molecular weight excluding hydrogens is 748 g/mol. The molecule has 0 aromatic heterocycles. The summed E-state index contributed by atoms with van der Waals surface area (Å²) in [5.74, 6) is -7.83. The second-order valence-electron chi connectivity index (χ2n) is 12.4. The Balaban J connectivity index is 1.46. The zero-order valence-corrected chi connectivity index (χ0v) is 28.1. The largest absolute Gasteiger partial charge is 0.508 e. The summed E-state index contributed by atoms with van der Waals surface area (Å²) in [6.45, 7) is -1.56. The number of carbonyl (C=O) groups is 4. The van der Waals surface area contributed by atoms with Crippen molar-refractivity contribution in [1.29, 1.82) is 0 Å².